The Morgan fingerprint density at radius 3 is 2.53 bits per heavy atom. The lowest BCUT2D eigenvalue weighted by Crippen LogP contribution is -2.06. The van der Waals surface area contributed by atoms with E-state index in [4.69, 9.17) is 11.6 Å². The average Bonchev–Trinajstić information content (AvgIpc) is 2.39. The summed E-state index contributed by atoms with van der Waals surface area (Å²) in [5.74, 6) is 0.0271. The zero-order valence-corrected chi connectivity index (χ0v) is 14.0. The van der Waals surface area contributed by atoms with Crippen molar-refractivity contribution >= 4 is 43.5 Å². The minimum absolute atomic E-state index is 0.233. The smallest absolute Gasteiger partial charge is 0.124 e. The normalized spacial score (nSPS) is 12.4. The number of hydrogen-bond acceptors (Lipinski definition) is 0. The molecule has 0 aliphatic heterocycles. The summed E-state index contributed by atoms with van der Waals surface area (Å²) in [6.45, 7) is 0. The molecule has 0 nitrogen and oxygen atoms in total. The molecule has 1 atom stereocenters. The molecule has 0 saturated carbocycles. The summed E-state index contributed by atoms with van der Waals surface area (Å²) in [5, 5.41) is 1.57. The molecule has 0 bridgehead atoms. The highest BCUT2D eigenvalue weighted by Crippen LogP contribution is 2.31. The maximum Gasteiger partial charge on any atom is 0.124 e. The molecule has 0 aromatic heterocycles. The first-order chi connectivity index (χ1) is 9.11. The van der Waals surface area contributed by atoms with Crippen molar-refractivity contribution in [3.8, 4) is 0 Å². The molecule has 0 aliphatic rings. The van der Waals surface area contributed by atoms with Gasteiger partial charge in [-0.2, -0.15) is 0 Å². The van der Waals surface area contributed by atoms with Crippen LogP contribution in [0.5, 0.6) is 0 Å². The molecule has 0 aliphatic carbocycles. The molecule has 4 heteroatoms. The fourth-order valence-electron chi connectivity index (χ4n) is 2.01. The minimum Gasteiger partial charge on any atom is -0.207 e. The number of benzene rings is 2. The first-order valence-electron chi connectivity index (χ1n) is 5.86. The van der Waals surface area contributed by atoms with Gasteiger partial charge in [0.05, 0.1) is 0 Å². The lowest BCUT2D eigenvalue weighted by Gasteiger charge is -2.17. The van der Waals surface area contributed by atoms with Gasteiger partial charge in [-0.15, -0.1) is 0 Å². The maximum absolute atomic E-state index is 13.1. The third-order valence-corrected chi connectivity index (χ3v) is 4.88. The second kappa shape index (κ2) is 6.87. The zero-order chi connectivity index (χ0) is 13.8. The second-order valence-corrected chi connectivity index (χ2v) is 6.22. The molecule has 0 heterocycles. The summed E-state index contributed by atoms with van der Waals surface area (Å²) in [5.41, 5.74) is 2.18. The van der Waals surface area contributed by atoms with Gasteiger partial charge in [0.25, 0.3) is 0 Å². The van der Waals surface area contributed by atoms with Crippen LogP contribution in [-0.2, 0) is 6.42 Å². The van der Waals surface area contributed by atoms with Crippen LogP contribution in [0.2, 0.25) is 5.02 Å². The maximum atomic E-state index is 13.1. The molecule has 1 unspecified atom stereocenters. The van der Waals surface area contributed by atoms with Crippen LogP contribution in [0.15, 0.2) is 46.9 Å². The summed E-state index contributed by atoms with van der Waals surface area (Å²) in [4.78, 5) is 0. The Hall–Kier alpha value is -0.380. The minimum atomic E-state index is -0.233. The van der Waals surface area contributed by atoms with E-state index in [1.54, 1.807) is 0 Å². The Labute approximate surface area is 134 Å². The second-order valence-electron chi connectivity index (χ2n) is 4.31. The van der Waals surface area contributed by atoms with E-state index in [0.717, 1.165) is 32.4 Å². The van der Waals surface area contributed by atoms with Crippen LogP contribution in [0.4, 0.5) is 4.39 Å². The summed E-state index contributed by atoms with van der Waals surface area (Å²) in [6, 6.07) is 12.6. The van der Waals surface area contributed by atoms with Gasteiger partial charge in [0, 0.05) is 14.8 Å². The van der Waals surface area contributed by atoms with Crippen LogP contribution in [-0.4, -0.2) is 5.33 Å². The monoisotopic (exact) mass is 404 g/mol. The van der Waals surface area contributed by atoms with Crippen molar-refractivity contribution in [1.82, 2.24) is 0 Å². The molecule has 2 rings (SSSR count). The van der Waals surface area contributed by atoms with Gasteiger partial charge >= 0.3 is 0 Å². The van der Waals surface area contributed by atoms with E-state index in [-0.39, 0.29) is 11.7 Å². The van der Waals surface area contributed by atoms with E-state index in [1.807, 2.05) is 30.3 Å². The van der Waals surface area contributed by atoms with Gasteiger partial charge in [0.2, 0.25) is 0 Å². The Morgan fingerprint density at radius 1 is 1.16 bits per heavy atom. The summed E-state index contributed by atoms with van der Waals surface area (Å²) in [7, 11) is 0. The molecule has 0 amide bonds. The van der Waals surface area contributed by atoms with Gasteiger partial charge in [-0.1, -0.05) is 67.7 Å². The van der Waals surface area contributed by atoms with Crippen molar-refractivity contribution in [2.45, 2.75) is 12.3 Å². The van der Waals surface area contributed by atoms with E-state index in [2.05, 4.69) is 31.9 Å². The third-order valence-electron chi connectivity index (χ3n) is 3.01. The predicted octanol–water partition coefficient (Wildman–Crippen LogP) is 5.96. The first-order valence-corrected chi connectivity index (χ1v) is 8.15. The van der Waals surface area contributed by atoms with Crippen molar-refractivity contribution in [3.05, 3.63) is 68.9 Å². The largest absolute Gasteiger partial charge is 0.207 e. The highest BCUT2D eigenvalue weighted by Gasteiger charge is 2.15. The van der Waals surface area contributed by atoms with E-state index < -0.39 is 0 Å². The van der Waals surface area contributed by atoms with Gasteiger partial charge in [-0.3, -0.25) is 0 Å². The topological polar surface area (TPSA) is 0 Å². The highest BCUT2D eigenvalue weighted by atomic mass is 79.9. The highest BCUT2D eigenvalue weighted by molar-refractivity contribution is 9.10. The van der Waals surface area contributed by atoms with Gasteiger partial charge < -0.3 is 0 Å². The summed E-state index contributed by atoms with van der Waals surface area (Å²) in [6.07, 6.45) is 0.801. The number of halogens is 4. The SMILES string of the molecule is Fc1ccc(CC(CBr)c2ccccc2Cl)c(Br)c1. The summed E-state index contributed by atoms with van der Waals surface area (Å²) >= 11 is 13.2. The van der Waals surface area contributed by atoms with E-state index in [1.165, 1.54) is 12.1 Å². The van der Waals surface area contributed by atoms with Crippen molar-refractivity contribution in [2.75, 3.05) is 5.33 Å². The Morgan fingerprint density at radius 2 is 1.89 bits per heavy atom. The van der Waals surface area contributed by atoms with Crippen molar-refractivity contribution in [2.24, 2.45) is 0 Å². The fraction of sp³-hybridized carbons (Fsp3) is 0.200. The molecular weight excluding hydrogens is 394 g/mol. The number of rotatable bonds is 4. The van der Waals surface area contributed by atoms with Crippen LogP contribution in [0, 0.1) is 5.82 Å². The van der Waals surface area contributed by atoms with Crippen LogP contribution in [0.3, 0.4) is 0 Å². The van der Waals surface area contributed by atoms with E-state index in [9.17, 15) is 4.39 Å². The molecule has 0 spiro atoms. The summed E-state index contributed by atoms with van der Waals surface area (Å²) < 4.78 is 13.9. The molecule has 0 saturated heterocycles. The van der Waals surface area contributed by atoms with E-state index in [0.29, 0.717) is 0 Å². The fourth-order valence-corrected chi connectivity index (χ4v) is 3.39. The van der Waals surface area contributed by atoms with Crippen molar-refractivity contribution < 1.29 is 4.39 Å². The first kappa shape index (κ1) is 15.0. The Bertz CT molecular complexity index is 572. The standard InChI is InChI=1S/C15H12Br2ClF/c16-9-11(13-3-1-2-4-15(13)18)7-10-5-6-12(19)8-14(10)17/h1-6,8,11H,7,9H2. The van der Waals surface area contributed by atoms with E-state index >= 15 is 0 Å². The van der Waals surface area contributed by atoms with Gasteiger partial charge in [0.15, 0.2) is 0 Å². The Balaban J connectivity index is 2.27. The molecule has 0 N–H and O–H groups in total. The molecule has 0 fully saturated rings. The van der Waals surface area contributed by atoms with Crippen molar-refractivity contribution in [3.63, 3.8) is 0 Å². The molecule has 2 aromatic carbocycles. The number of alkyl halides is 1. The van der Waals surface area contributed by atoms with Crippen LogP contribution in [0.1, 0.15) is 17.0 Å². The van der Waals surface area contributed by atoms with Gasteiger partial charge in [-0.05, 0) is 41.7 Å². The number of hydrogen-bond donors (Lipinski definition) is 0. The molecule has 0 radical (unpaired) electrons. The van der Waals surface area contributed by atoms with Gasteiger partial charge in [-0.25, -0.2) is 4.39 Å². The third kappa shape index (κ3) is 3.80. The lowest BCUT2D eigenvalue weighted by atomic mass is 9.93. The Kier molecular flexibility index (Phi) is 5.43. The predicted molar refractivity (Wildman–Crippen MR) is 85.8 cm³/mol. The average molecular weight is 407 g/mol. The molecule has 19 heavy (non-hydrogen) atoms. The molecule has 2 aromatic rings. The van der Waals surface area contributed by atoms with Crippen LogP contribution < -0.4 is 0 Å². The zero-order valence-electron chi connectivity index (χ0n) is 10.0. The lowest BCUT2D eigenvalue weighted by molar-refractivity contribution is 0.625. The van der Waals surface area contributed by atoms with Crippen LogP contribution in [0.25, 0.3) is 0 Å². The quantitative estimate of drug-likeness (QED) is 0.550. The van der Waals surface area contributed by atoms with Crippen LogP contribution >= 0.6 is 43.5 Å². The molecule has 100 valence electrons. The van der Waals surface area contributed by atoms with Gasteiger partial charge in [0.1, 0.15) is 5.82 Å². The van der Waals surface area contributed by atoms with Crippen molar-refractivity contribution in [1.29, 1.82) is 0 Å². The molecular formula is C15H12Br2ClF.